The van der Waals surface area contributed by atoms with E-state index in [0.717, 1.165) is 12.1 Å². The van der Waals surface area contributed by atoms with Gasteiger partial charge in [0, 0.05) is 25.9 Å². The van der Waals surface area contributed by atoms with Crippen LogP contribution >= 0.6 is 45.8 Å². The molecule has 0 aliphatic carbocycles. The first-order valence-electron chi connectivity index (χ1n) is 10.3. The summed E-state index contributed by atoms with van der Waals surface area (Å²) in [6.07, 6.45) is -3.15. The molecule has 5 nitrogen and oxygen atoms in total. The molecular weight excluding hydrogens is 621 g/mol. The lowest BCUT2D eigenvalue weighted by Crippen LogP contribution is -2.35. The Morgan fingerprint density at radius 1 is 1.06 bits per heavy atom. The number of benzene rings is 1. The molecule has 0 radical (unpaired) electrons. The number of aliphatic hydroxyl groups is 1. The normalized spacial score (nSPS) is 14.3. The Hall–Kier alpha value is -1.18. The molecule has 1 aromatic carbocycles. The Kier molecular flexibility index (Phi) is 8.41. The number of pyridine rings is 1. The smallest absolute Gasteiger partial charge is 0.372 e. The van der Waals surface area contributed by atoms with Crippen molar-refractivity contribution in [2.24, 2.45) is 0 Å². The molecule has 1 atom stereocenters. The minimum Gasteiger partial charge on any atom is -0.372 e. The minimum absolute atomic E-state index is 0.0609. The van der Waals surface area contributed by atoms with Crippen LogP contribution in [0.15, 0.2) is 42.6 Å². The summed E-state index contributed by atoms with van der Waals surface area (Å²) < 4.78 is 48.7. The summed E-state index contributed by atoms with van der Waals surface area (Å²) in [4.78, 5) is 8.18. The van der Waals surface area contributed by atoms with Crippen molar-refractivity contribution < 1.29 is 23.0 Å². The molecular formula is C22H23Cl2F3IN3O2Si. The van der Waals surface area contributed by atoms with E-state index in [1.807, 2.05) is 22.6 Å². The summed E-state index contributed by atoms with van der Waals surface area (Å²) in [5.41, 5.74) is -3.47. The zero-order valence-corrected chi connectivity index (χ0v) is 23.3. The molecule has 0 aliphatic rings. The van der Waals surface area contributed by atoms with Gasteiger partial charge in [-0.05, 0) is 58.5 Å². The topological polar surface area (TPSA) is 60.2 Å². The van der Waals surface area contributed by atoms with Crippen LogP contribution in [0.1, 0.15) is 22.8 Å². The van der Waals surface area contributed by atoms with Gasteiger partial charge in [-0.25, -0.2) is 9.97 Å². The summed E-state index contributed by atoms with van der Waals surface area (Å²) >= 11 is 13.8. The van der Waals surface area contributed by atoms with E-state index in [2.05, 4.69) is 29.6 Å². The summed E-state index contributed by atoms with van der Waals surface area (Å²) in [5.74, 6) is 0.0650. The number of halogens is 6. The molecule has 1 unspecified atom stereocenters. The first-order valence-corrected chi connectivity index (χ1v) is 15.8. The van der Waals surface area contributed by atoms with Crippen LogP contribution in [0.2, 0.25) is 35.7 Å². The number of imidazole rings is 1. The fourth-order valence-corrected chi connectivity index (χ4v) is 4.90. The van der Waals surface area contributed by atoms with Gasteiger partial charge in [-0.15, -0.1) is 0 Å². The predicted molar refractivity (Wildman–Crippen MR) is 137 cm³/mol. The van der Waals surface area contributed by atoms with E-state index in [4.69, 9.17) is 27.9 Å². The lowest BCUT2D eigenvalue weighted by molar-refractivity contribution is -0.141. The highest BCUT2D eigenvalue weighted by atomic mass is 127. The molecule has 3 aromatic rings. The Labute approximate surface area is 220 Å². The van der Waals surface area contributed by atoms with E-state index in [9.17, 15) is 18.3 Å². The van der Waals surface area contributed by atoms with Crippen molar-refractivity contribution in [2.75, 3.05) is 6.61 Å². The number of nitrogens with zero attached hydrogens (tertiary/aromatic N) is 3. The van der Waals surface area contributed by atoms with Gasteiger partial charge in [-0.1, -0.05) is 55.0 Å². The maximum absolute atomic E-state index is 13.6. The minimum atomic E-state index is -4.81. The van der Waals surface area contributed by atoms with Crippen LogP contribution in [0, 0.1) is 3.70 Å². The highest BCUT2D eigenvalue weighted by Crippen LogP contribution is 2.39. The van der Waals surface area contributed by atoms with Gasteiger partial charge in [0.15, 0.2) is 17.1 Å². The van der Waals surface area contributed by atoms with E-state index >= 15 is 0 Å². The van der Waals surface area contributed by atoms with Crippen molar-refractivity contribution in [2.45, 2.75) is 44.2 Å². The average Bonchev–Trinajstić information content (AvgIpc) is 3.11. The van der Waals surface area contributed by atoms with Gasteiger partial charge in [0.1, 0.15) is 10.4 Å². The van der Waals surface area contributed by atoms with Gasteiger partial charge in [-0.3, -0.25) is 0 Å². The van der Waals surface area contributed by atoms with Gasteiger partial charge in [0.2, 0.25) is 0 Å². The van der Waals surface area contributed by atoms with E-state index < -0.39 is 30.6 Å². The summed E-state index contributed by atoms with van der Waals surface area (Å²) in [6, 6.07) is 9.35. The average molecular weight is 644 g/mol. The van der Waals surface area contributed by atoms with Crippen molar-refractivity contribution in [3.8, 4) is 0 Å². The molecule has 184 valence electrons. The van der Waals surface area contributed by atoms with Crippen molar-refractivity contribution in [3.05, 3.63) is 79.1 Å². The predicted octanol–water partition coefficient (Wildman–Crippen LogP) is 6.80. The first-order chi connectivity index (χ1) is 15.7. The molecule has 0 aliphatic heterocycles. The number of alkyl halides is 3. The SMILES string of the molecule is C[Si](C)(C)CCOCn1cc(I)nc1C(O)(c1ccc(Cl)cc1)c1ccc(Cl)c(C(F)(F)F)n1. The van der Waals surface area contributed by atoms with Crippen LogP contribution < -0.4 is 0 Å². The van der Waals surface area contributed by atoms with Crippen molar-refractivity contribution in [1.82, 2.24) is 14.5 Å². The van der Waals surface area contributed by atoms with E-state index in [-0.39, 0.29) is 23.8 Å². The first kappa shape index (κ1) is 27.4. The highest BCUT2D eigenvalue weighted by molar-refractivity contribution is 14.1. The van der Waals surface area contributed by atoms with Crippen molar-refractivity contribution >= 4 is 53.9 Å². The summed E-state index contributed by atoms with van der Waals surface area (Å²) in [5, 5.41) is 11.9. The van der Waals surface area contributed by atoms with E-state index in [0.29, 0.717) is 15.3 Å². The van der Waals surface area contributed by atoms with Crippen molar-refractivity contribution in [1.29, 1.82) is 0 Å². The second kappa shape index (κ2) is 10.4. The Morgan fingerprint density at radius 2 is 1.71 bits per heavy atom. The molecule has 1 N–H and O–H groups in total. The maximum Gasteiger partial charge on any atom is 0.434 e. The fourth-order valence-electron chi connectivity index (χ4n) is 3.24. The molecule has 34 heavy (non-hydrogen) atoms. The molecule has 2 aromatic heterocycles. The molecule has 3 rings (SSSR count). The monoisotopic (exact) mass is 643 g/mol. The Balaban J connectivity index is 2.13. The largest absolute Gasteiger partial charge is 0.434 e. The number of aromatic nitrogens is 3. The lowest BCUT2D eigenvalue weighted by Gasteiger charge is -2.29. The fraction of sp³-hybridized carbons (Fsp3) is 0.364. The van der Waals surface area contributed by atoms with Gasteiger partial charge in [0.05, 0.1) is 10.7 Å². The van der Waals surface area contributed by atoms with Gasteiger partial charge in [-0.2, -0.15) is 13.2 Å². The van der Waals surface area contributed by atoms with Gasteiger partial charge < -0.3 is 14.4 Å². The quantitative estimate of drug-likeness (QED) is 0.167. The molecule has 12 heteroatoms. The molecule has 0 fully saturated rings. The van der Waals surface area contributed by atoms with Crippen molar-refractivity contribution in [3.63, 3.8) is 0 Å². The highest BCUT2D eigenvalue weighted by Gasteiger charge is 2.43. The van der Waals surface area contributed by atoms with Crippen LogP contribution in [0.25, 0.3) is 0 Å². The van der Waals surface area contributed by atoms with Crippen LogP contribution in [0.4, 0.5) is 13.2 Å². The molecule has 2 heterocycles. The zero-order chi connectivity index (χ0) is 25.3. The van der Waals surface area contributed by atoms with Crippen LogP contribution in [-0.2, 0) is 23.2 Å². The van der Waals surface area contributed by atoms with Crippen LogP contribution in [0.5, 0.6) is 0 Å². The number of ether oxygens (including phenoxy) is 1. The second-order valence-corrected chi connectivity index (χ2v) is 16.5. The zero-order valence-electron chi connectivity index (χ0n) is 18.6. The molecule has 0 saturated heterocycles. The molecule has 0 spiro atoms. The maximum atomic E-state index is 13.6. The number of hydrogen-bond donors (Lipinski definition) is 1. The second-order valence-electron chi connectivity index (χ2n) is 8.95. The molecule has 0 saturated carbocycles. The van der Waals surface area contributed by atoms with Gasteiger partial charge >= 0.3 is 6.18 Å². The number of hydrogen-bond acceptors (Lipinski definition) is 4. The number of rotatable bonds is 8. The van der Waals surface area contributed by atoms with E-state index in [1.54, 1.807) is 10.8 Å². The third-order valence-electron chi connectivity index (χ3n) is 5.04. The Bertz CT molecular complexity index is 1150. The van der Waals surface area contributed by atoms with E-state index in [1.165, 1.54) is 30.3 Å². The van der Waals surface area contributed by atoms with Crippen LogP contribution in [0.3, 0.4) is 0 Å². The molecule has 0 amide bonds. The van der Waals surface area contributed by atoms with Crippen LogP contribution in [-0.4, -0.2) is 34.3 Å². The Morgan fingerprint density at radius 3 is 2.29 bits per heavy atom. The van der Waals surface area contributed by atoms with Gasteiger partial charge in [0.25, 0.3) is 0 Å². The standard InChI is InChI=1S/C22H23Cl2F3IN3O2Si/c1-34(2,3)11-10-33-13-31-12-18(28)30-20(31)21(32,14-4-6-15(23)7-5-14)17-9-8-16(24)19(29-17)22(25,26)27/h4-9,12,32H,10-11,13H2,1-3H3. The summed E-state index contributed by atoms with van der Waals surface area (Å²) in [7, 11) is -1.32. The lowest BCUT2D eigenvalue weighted by atomic mass is 9.88. The third-order valence-corrected chi connectivity index (χ3v) is 7.83. The summed E-state index contributed by atoms with van der Waals surface area (Å²) in [6.45, 7) is 7.26. The third kappa shape index (κ3) is 6.32. The molecule has 0 bridgehead atoms.